The molecule has 2 aliphatic rings. The van der Waals surface area contributed by atoms with Crippen LogP contribution in [0.3, 0.4) is 0 Å². The summed E-state index contributed by atoms with van der Waals surface area (Å²) in [6.45, 7) is 9.04. The van der Waals surface area contributed by atoms with Crippen LogP contribution in [0.25, 0.3) is 16.9 Å². The van der Waals surface area contributed by atoms with E-state index in [0.29, 0.717) is 38.2 Å². The van der Waals surface area contributed by atoms with Crippen LogP contribution in [-0.4, -0.2) is 68.8 Å². The van der Waals surface area contributed by atoms with E-state index >= 15 is 0 Å². The van der Waals surface area contributed by atoms with Crippen molar-refractivity contribution in [2.24, 2.45) is 5.41 Å². The van der Waals surface area contributed by atoms with Gasteiger partial charge in [0.1, 0.15) is 0 Å². The highest BCUT2D eigenvalue weighted by atomic mass is 19.1. The smallest absolute Gasteiger partial charge is 0.250 e. The molecule has 1 saturated heterocycles. The van der Waals surface area contributed by atoms with Crippen LogP contribution in [0.1, 0.15) is 50.9 Å². The highest BCUT2D eigenvalue weighted by Gasteiger charge is 2.40. The second kappa shape index (κ2) is 9.65. The van der Waals surface area contributed by atoms with Crippen LogP contribution in [0.4, 0.5) is 4.39 Å². The van der Waals surface area contributed by atoms with Crippen molar-refractivity contribution in [1.82, 2.24) is 29.4 Å². The Bertz CT molecular complexity index is 1270. The molecule has 2 aliphatic heterocycles. The van der Waals surface area contributed by atoms with Crippen molar-refractivity contribution >= 4 is 5.91 Å². The fourth-order valence-corrected chi connectivity index (χ4v) is 5.35. The second-order valence-corrected chi connectivity index (χ2v) is 9.93. The molecule has 3 aromatic heterocycles. The summed E-state index contributed by atoms with van der Waals surface area (Å²) in [6.07, 6.45) is 8.22. The Morgan fingerprint density at radius 1 is 1.25 bits per heavy atom. The molecule has 0 saturated carbocycles. The van der Waals surface area contributed by atoms with E-state index in [1.165, 1.54) is 13.2 Å². The van der Waals surface area contributed by atoms with Crippen molar-refractivity contribution in [3.05, 3.63) is 41.7 Å². The molecule has 10 heteroatoms. The molecular formula is C26H33FN6O3. The summed E-state index contributed by atoms with van der Waals surface area (Å²) in [5.74, 6) is -0.355. The van der Waals surface area contributed by atoms with Crippen LogP contribution in [0.5, 0.6) is 5.88 Å². The third-order valence-electron chi connectivity index (χ3n) is 7.78. The van der Waals surface area contributed by atoms with Gasteiger partial charge in [0, 0.05) is 54.7 Å². The number of piperidine rings is 1. The lowest BCUT2D eigenvalue weighted by molar-refractivity contribution is -0.138. The standard InChI is InChI=1S/C26H33FN6O3/c1-5-31-16-26(3,9-6-23(31)34)17(2)32-15-18(13-29-32)24-20-7-10-36-11-8-22(20)33(30-24)19-12-21(27)25(35-4)28-14-19/h12-15,17H,5-11,16H2,1-4H3. The average molecular weight is 497 g/mol. The largest absolute Gasteiger partial charge is 0.479 e. The fraction of sp³-hybridized carbons (Fsp3) is 0.538. The normalized spacial score (nSPS) is 21.2. The van der Waals surface area contributed by atoms with Crippen LogP contribution in [0, 0.1) is 11.2 Å². The van der Waals surface area contributed by atoms with Gasteiger partial charge in [0.25, 0.3) is 0 Å². The van der Waals surface area contributed by atoms with E-state index in [0.717, 1.165) is 42.0 Å². The van der Waals surface area contributed by atoms with E-state index in [1.54, 1.807) is 10.9 Å². The number of ether oxygens (including phenoxy) is 2. The van der Waals surface area contributed by atoms with Gasteiger partial charge in [-0.15, -0.1) is 0 Å². The molecule has 5 heterocycles. The number of fused-ring (bicyclic) bond motifs is 1. The molecule has 2 atom stereocenters. The van der Waals surface area contributed by atoms with Gasteiger partial charge >= 0.3 is 0 Å². The Hall–Kier alpha value is -3.27. The topological polar surface area (TPSA) is 87.3 Å². The zero-order valence-corrected chi connectivity index (χ0v) is 21.3. The molecule has 36 heavy (non-hydrogen) atoms. The molecular weight excluding hydrogens is 463 g/mol. The number of aromatic nitrogens is 5. The van der Waals surface area contributed by atoms with E-state index in [1.807, 2.05) is 28.9 Å². The Morgan fingerprint density at radius 2 is 2.06 bits per heavy atom. The SMILES string of the molecule is CCN1CC(C)(C(C)n2cc(-c3nn(-c4cnc(OC)c(F)c4)c4c3CCOCC4)cn2)CCC1=O. The van der Waals surface area contributed by atoms with Gasteiger partial charge in [-0.25, -0.2) is 14.1 Å². The van der Waals surface area contributed by atoms with E-state index in [4.69, 9.17) is 19.7 Å². The monoisotopic (exact) mass is 496 g/mol. The molecule has 3 aromatic rings. The number of likely N-dealkylation sites (tertiary alicyclic amines) is 1. The molecule has 0 aromatic carbocycles. The lowest BCUT2D eigenvalue weighted by atomic mass is 9.76. The minimum Gasteiger partial charge on any atom is -0.479 e. The highest BCUT2D eigenvalue weighted by molar-refractivity contribution is 5.77. The lowest BCUT2D eigenvalue weighted by Crippen LogP contribution is -2.48. The van der Waals surface area contributed by atoms with E-state index in [2.05, 4.69) is 18.8 Å². The van der Waals surface area contributed by atoms with E-state index < -0.39 is 5.82 Å². The van der Waals surface area contributed by atoms with Crippen molar-refractivity contribution in [3.8, 4) is 22.8 Å². The predicted octanol–water partition coefficient (Wildman–Crippen LogP) is 3.60. The summed E-state index contributed by atoms with van der Waals surface area (Å²) in [6, 6.07) is 1.49. The first-order valence-electron chi connectivity index (χ1n) is 12.6. The molecule has 192 valence electrons. The van der Waals surface area contributed by atoms with Crippen molar-refractivity contribution < 1.29 is 18.7 Å². The van der Waals surface area contributed by atoms with E-state index in [9.17, 15) is 9.18 Å². The Kier molecular flexibility index (Phi) is 6.55. The number of amides is 1. The number of halogens is 1. The first-order chi connectivity index (χ1) is 17.3. The van der Waals surface area contributed by atoms with Crippen LogP contribution >= 0.6 is 0 Å². The maximum atomic E-state index is 14.5. The van der Waals surface area contributed by atoms with Gasteiger partial charge in [-0.2, -0.15) is 10.2 Å². The van der Waals surface area contributed by atoms with Crippen molar-refractivity contribution in [3.63, 3.8) is 0 Å². The maximum absolute atomic E-state index is 14.5. The number of pyridine rings is 1. The van der Waals surface area contributed by atoms with Crippen LogP contribution < -0.4 is 4.74 Å². The fourth-order valence-electron chi connectivity index (χ4n) is 5.35. The summed E-state index contributed by atoms with van der Waals surface area (Å²) in [5.41, 5.74) is 4.27. The summed E-state index contributed by atoms with van der Waals surface area (Å²) in [7, 11) is 1.39. The molecule has 9 nitrogen and oxygen atoms in total. The van der Waals surface area contributed by atoms with E-state index in [-0.39, 0.29) is 23.2 Å². The molecule has 5 rings (SSSR count). The number of hydrogen-bond donors (Lipinski definition) is 0. The number of hydrogen-bond acceptors (Lipinski definition) is 6. The summed E-state index contributed by atoms with van der Waals surface area (Å²) < 4.78 is 28.9. The van der Waals surface area contributed by atoms with Gasteiger partial charge in [-0.1, -0.05) is 6.92 Å². The molecule has 1 fully saturated rings. The van der Waals surface area contributed by atoms with Crippen molar-refractivity contribution in [2.75, 3.05) is 33.4 Å². The number of carbonyl (C=O) groups excluding carboxylic acids is 1. The zero-order chi connectivity index (χ0) is 25.4. The molecule has 0 radical (unpaired) electrons. The molecule has 0 spiro atoms. The van der Waals surface area contributed by atoms with Gasteiger partial charge in [-0.05, 0) is 26.7 Å². The van der Waals surface area contributed by atoms with Gasteiger partial charge < -0.3 is 14.4 Å². The minimum atomic E-state index is -0.535. The van der Waals surface area contributed by atoms with Crippen molar-refractivity contribution in [1.29, 1.82) is 0 Å². The molecule has 0 aliphatic carbocycles. The molecule has 2 unspecified atom stereocenters. The third kappa shape index (κ3) is 4.27. The van der Waals surface area contributed by atoms with Crippen molar-refractivity contribution in [2.45, 2.75) is 52.5 Å². The summed E-state index contributed by atoms with van der Waals surface area (Å²) >= 11 is 0. The molecule has 1 amide bonds. The number of nitrogens with zero attached hydrogens (tertiary/aromatic N) is 6. The lowest BCUT2D eigenvalue weighted by Gasteiger charge is -2.43. The van der Waals surface area contributed by atoms with Gasteiger partial charge in [0.15, 0.2) is 5.82 Å². The maximum Gasteiger partial charge on any atom is 0.250 e. The summed E-state index contributed by atoms with van der Waals surface area (Å²) in [5, 5.41) is 9.63. The van der Waals surface area contributed by atoms with Gasteiger partial charge in [0.05, 0.1) is 55.8 Å². The first kappa shape index (κ1) is 24.4. The first-order valence-corrected chi connectivity index (χ1v) is 12.6. The molecule has 0 N–H and O–H groups in total. The van der Waals surface area contributed by atoms with Crippen LogP contribution in [-0.2, 0) is 22.4 Å². The highest BCUT2D eigenvalue weighted by Crippen LogP contribution is 2.40. The number of rotatable bonds is 6. The number of methoxy groups -OCH3 is 1. The summed E-state index contributed by atoms with van der Waals surface area (Å²) in [4.78, 5) is 18.3. The second-order valence-electron chi connectivity index (χ2n) is 9.93. The Labute approximate surface area is 210 Å². The molecule has 0 bridgehead atoms. The Balaban J connectivity index is 1.50. The Morgan fingerprint density at radius 3 is 2.81 bits per heavy atom. The van der Waals surface area contributed by atoms with Gasteiger partial charge in [-0.3, -0.25) is 9.48 Å². The number of carbonyl (C=O) groups is 1. The van der Waals surface area contributed by atoms with Gasteiger partial charge in [0.2, 0.25) is 11.8 Å². The van der Waals surface area contributed by atoms with Crippen LogP contribution in [0.15, 0.2) is 24.7 Å². The quantitative estimate of drug-likeness (QED) is 0.518. The third-order valence-corrected chi connectivity index (χ3v) is 7.78. The zero-order valence-electron chi connectivity index (χ0n) is 21.3. The van der Waals surface area contributed by atoms with Crippen LogP contribution in [0.2, 0.25) is 0 Å². The average Bonchev–Trinajstić information content (AvgIpc) is 3.43. The minimum absolute atomic E-state index is 0.0460. The predicted molar refractivity (Wildman–Crippen MR) is 132 cm³/mol.